The third-order valence-electron chi connectivity index (χ3n) is 2.56. The monoisotopic (exact) mass is 214 g/mol. The van der Waals surface area contributed by atoms with Crippen molar-refractivity contribution in [1.29, 1.82) is 0 Å². The highest BCUT2D eigenvalue weighted by Gasteiger charge is 2.19. The number of hydrogen-bond acceptors (Lipinski definition) is 5. The average Bonchev–Trinajstić information content (AvgIpc) is 2.18. The molecule has 86 valence electrons. The van der Waals surface area contributed by atoms with E-state index in [-0.39, 0.29) is 6.04 Å². The van der Waals surface area contributed by atoms with Crippen molar-refractivity contribution in [3.63, 3.8) is 0 Å². The van der Waals surface area contributed by atoms with Crippen LogP contribution in [0.1, 0.15) is 19.3 Å². The number of aliphatic imine (C=N–C) groups is 1. The molecule has 0 saturated heterocycles. The second-order valence-electron chi connectivity index (χ2n) is 3.65. The molecule has 2 atom stereocenters. The number of aliphatic carboxylic acids is 1. The summed E-state index contributed by atoms with van der Waals surface area (Å²) in [6.07, 6.45) is 2.29. The van der Waals surface area contributed by atoms with Gasteiger partial charge in [0, 0.05) is 12.6 Å². The van der Waals surface area contributed by atoms with Crippen molar-refractivity contribution in [2.75, 3.05) is 13.6 Å². The number of carbonyl (C=O) groups is 1. The molecule has 15 heavy (non-hydrogen) atoms. The molecule has 0 aromatic rings. The Labute approximate surface area is 88.9 Å². The number of nitrogens with two attached hydrogens (primary N) is 1. The fourth-order valence-corrected chi connectivity index (χ4v) is 1.64. The van der Waals surface area contributed by atoms with E-state index in [1.807, 2.05) is 0 Å². The van der Waals surface area contributed by atoms with Gasteiger partial charge in [-0.15, -0.1) is 0 Å². The molecule has 0 aliphatic carbocycles. The summed E-state index contributed by atoms with van der Waals surface area (Å²) in [5.41, 5.74) is 5.53. The van der Waals surface area contributed by atoms with Crippen LogP contribution in [0.5, 0.6) is 0 Å². The largest absolute Gasteiger partial charge is 0.480 e. The first-order valence-corrected chi connectivity index (χ1v) is 5.10. The molecule has 0 spiro atoms. The van der Waals surface area contributed by atoms with Crippen LogP contribution in [0.25, 0.3) is 0 Å². The summed E-state index contributed by atoms with van der Waals surface area (Å²) in [5.74, 6) is -0.350. The second kappa shape index (κ2) is 5.55. The molecule has 1 aliphatic heterocycles. The Morgan fingerprint density at radius 3 is 3.13 bits per heavy atom. The van der Waals surface area contributed by atoms with Crippen molar-refractivity contribution in [3.05, 3.63) is 0 Å². The Balaban J connectivity index is 2.30. The minimum atomic E-state index is -0.810. The quantitative estimate of drug-likeness (QED) is 0.476. The number of guanidine groups is 1. The predicted octanol–water partition coefficient (Wildman–Crippen LogP) is -0.884. The molecule has 0 saturated carbocycles. The van der Waals surface area contributed by atoms with Gasteiger partial charge in [-0.25, -0.2) is 0 Å². The lowest BCUT2D eigenvalue weighted by Crippen LogP contribution is -2.45. The van der Waals surface area contributed by atoms with Gasteiger partial charge in [0.05, 0.1) is 0 Å². The van der Waals surface area contributed by atoms with Gasteiger partial charge in [-0.2, -0.15) is 0 Å². The van der Waals surface area contributed by atoms with Gasteiger partial charge in [0.2, 0.25) is 0 Å². The van der Waals surface area contributed by atoms with E-state index < -0.39 is 12.0 Å². The van der Waals surface area contributed by atoms with Crippen LogP contribution in [-0.2, 0) is 4.79 Å². The maximum atomic E-state index is 10.7. The van der Waals surface area contributed by atoms with Gasteiger partial charge in [0.15, 0.2) is 5.96 Å². The molecule has 0 fully saturated rings. The fraction of sp³-hybridized carbons (Fsp3) is 0.778. The number of nitrogens with zero attached hydrogens (tertiary/aromatic N) is 1. The maximum Gasteiger partial charge on any atom is 0.320 e. The van der Waals surface area contributed by atoms with Crippen LogP contribution in [-0.4, -0.2) is 42.7 Å². The number of nitrogens with one attached hydrogen (secondary N) is 2. The first-order valence-electron chi connectivity index (χ1n) is 5.10. The zero-order valence-electron chi connectivity index (χ0n) is 8.86. The topological polar surface area (TPSA) is 99.7 Å². The van der Waals surface area contributed by atoms with Crippen LogP contribution < -0.4 is 16.4 Å². The molecule has 0 radical (unpaired) electrons. The van der Waals surface area contributed by atoms with Gasteiger partial charge >= 0.3 is 5.97 Å². The Bertz CT molecular complexity index is 254. The molecule has 5 N–H and O–H groups in total. The van der Waals surface area contributed by atoms with Crippen molar-refractivity contribution in [2.45, 2.75) is 31.3 Å². The van der Waals surface area contributed by atoms with E-state index in [9.17, 15) is 4.79 Å². The molecule has 1 rings (SSSR count). The summed E-state index contributed by atoms with van der Waals surface area (Å²) in [5, 5.41) is 14.6. The molecule has 0 aromatic heterocycles. The second-order valence-corrected chi connectivity index (χ2v) is 3.65. The Morgan fingerprint density at radius 2 is 2.60 bits per heavy atom. The van der Waals surface area contributed by atoms with Gasteiger partial charge in [0.25, 0.3) is 0 Å². The SMILES string of the molecule is CN[C@H](CCC1CCN=C(N)N1)C(=O)O. The van der Waals surface area contributed by atoms with Gasteiger partial charge in [0.1, 0.15) is 6.04 Å². The maximum absolute atomic E-state index is 10.7. The lowest BCUT2D eigenvalue weighted by atomic mass is 10.0. The molecule has 0 aromatic carbocycles. The minimum absolute atomic E-state index is 0.248. The number of carboxylic acids is 1. The summed E-state index contributed by atoms with van der Waals surface area (Å²) in [6, 6.07) is -0.232. The molecule has 1 unspecified atom stereocenters. The normalized spacial score (nSPS) is 22.7. The molecular weight excluding hydrogens is 196 g/mol. The van der Waals surface area contributed by atoms with Crippen molar-refractivity contribution >= 4 is 11.9 Å². The summed E-state index contributed by atoms with van der Waals surface area (Å²) in [7, 11) is 1.66. The molecule has 0 amide bonds. The van der Waals surface area contributed by atoms with E-state index in [2.05, 4.69) is 15.6 Å². The van der Waals surface area contributed by atoms with Gasteiger partial charge in [-0.3, -0.25) is 9.79 Å². The molecular formula is C9H18N4O2. The minimum Gasteiger partial charge on any atom is -0.480 e. The summed E-state index contributed by atoms with van der Waals surface area (Å²) < 4.78 is 0. The van der Waals surface area contributed by atoms with E-state index in [1.54, 1.807) is 7.05 Å². The van der Waals surface area contributed by atoms with Crippen LogP contribution in [0.3, 0.4) is 0 Å². The summed E-state index contributed by atoms with van der Waals surface area (Å²) in [6.45, 7) is 0.723. The average molecular weight is 214 g/mol. The molecule has 6 nitrogen and oxygen atoms in total. The molecule has 6 heteroatoms. The van der Waals surface area contributed by atoms with Crippen molar-refractivity contribution < 1.29 is 9.90 Å². The standard InChI is InChI=1S/C9H18N4O2/c1-11-7(8(14)15)3-2-6-4-5-12-9(10)13-6/h6-7,11H,2-5H2,1H3,(H,14,15)(H3,10,12,13)/t6?,7-/m1/s1. The number of likely N-dealkylation sites (N-methyl/N-ethyl adjacent to an activating group) is 1. The van der Waals surface area contributed by atoms with E-state index in [4.69, 9.17) is 10.8 Å². The van der Waals surface area contributed by atoms with Gasteiger partial charge in [-0.1, -0.05) is 0 Å². The van der Waals surface area contributed by atoms with Crippen molar-refractivity contribution in [1.82, 2.24) is 10.6 Å². The third kappa shape index (κ3) is 3.75. The Morgan fingerprint density at radius 1 is 1.87 bits per heavy atom. The van der Waals surface area contributed by atoms with Crippen LogP contribution in [0.4, 0.5) is 0 Å². The smallest absolute Gasteiger partial charge is 0.320 e. The summed E-state index contributed by atoms with van der Waals surface area (Å²) >= 11 is 0. The van der Waals surface area contributed by atoms with E-state index in [1.165, 1.54) is 0 Å². The Kier molecular flexibility index (Phi) is 4.36. The van der Waals surface area contributed by atoms with Crippen LogP contribution in [0.15, 0.2) is 4.99 Å². The van der Waals surface area contributed by atoms with Gasteiger partial charge < -0.3 is 21.5 Å². The zero-order chi connectivity index (χ0) is 11.3. The summed E-state index contributed by atoms with van der Waals surface area (Å²) in [4.78, 5) is 14.8. The van der Waals surface area contributed by atoms with Gasteiger partial charge in [-0.05, 0) is 26.3 Å². The predicted molar refractivity (Wildman–Crippen MR) is 57.7 cm³/mol. The molecule has 0 bridgehead atoms. The highest BCUT2D eigenvalue weighted by atomic mass is 16.4. The zero-order valence-corrected chi connectivity index (χ0v) is 8.86. The van der Waals surface area contributed by atoms with Crippen LogP contribution >= 0.6 is 0 Å². The highest BCUT2D eigenvalue weighted by Crippen LogP contribution is 2.08. The van der Waals surface area contributed by atoms with E-state index in [0.717, 1.165) is 19.4 Å². The number of hydrogen-bond donors (Lipinski definition) is 4. The van der Waals surface area contributed by atoms with Crippen molar-refractivity contribution in [3.8, 4) is 0 Å². The number of rotatable bonds is 5. The lowest BCUT2D eigenvalue weighted by Gasteiger charge is -2.23. The molecule has 1 aliphatic rings. The van der Waals surface area contributed by atoms with Crippen LogP contribution in [0.2, 0.25) is 0 Å². The van der Waals surface area contributed by atoms with E-state index in [0.29, 0.717) is 12.4 Å². The highest BCUT2D eigenvalue weighted by molar-refractivity contribution is 5.78. The van der Waals surface area contributed by atoms with E-state index >= 15 is 0 Å². The first kappa shape index (κ1) is 11.8. The lowest BCUT2D eigenvalue weighted by molar-refractivity contribution is -0.139. The van der Waals surface area contributed by atoms with Crippen molar-refractivity contribution in [2.24, 2.45) is 10.7 Å². The molecule has 1 heterocycles. The number of carboxylic acid groups (broad SMARTS) is 1. The third-order valence-corrected chi connectivity index (χ3v) is 2.56. The first-order chi connectivity index (χ1) is 7.13. The fourth-order valence-electron chi connectivity index (χ4n) is 1.64. The van der Waals surface area contributed by atoms with Crippen LogP contribution in [0, 0.1) is 0 Å². The Hall–Kier alpha value is -1.30.